The highest BCUT2D eigenvalue weighted by molar-refractivity contribution is 6.05. The van der Waals surface area contributed by atoms with Crippen LogP contribution in [0.15, 0.2) is 12.3 Å². The number of aromatic nitrogens is 3. The maximum Gasteiger partial charge on any atom is 0.255 e. The molecule has 3 heterocycles. The molecule has 1 aliphatic rings. The third-order valence-corrected chi connectivity index (χ3v) is 4.57. The van der Waals surface area contributed by atoms with Gasteiger partial charge in [-0.1, -0.05) is 6.92 Å². The molecule has 8 heteroatoms. The molecule has 0 aliphatic carbocycles. The van der Waals surface area contributed by atoms with Gasteiger partial charge < -0.3 is 10.6 Å². The van der Waals surface area contributed by atoms with Crippen molar-refractivity contribution in [3.05, 3.63) is 23.5 Å². The summed E-state index contributed by atoms with van der Waals surface area (Å²) in [4.78, 5) is 19.5. The van der Waals surface area contributed by atoms with Gasteiger partial charge in [-0.05, 0) is 31.7 Å². The van der Waals surface area contributed by atoms with Crippen LogP contribution < -0.4 is 5.73 Å². The summed E-state index contributed by atoms with van der Waals surface area (Å²) in [6.45, 7) is 5.41. The molecule has 3 rings (SSSR count). The van der Waals surface area contributed by atoms with Gasteiger partial charge >= 0.3 is 0 Å². The molecule has 0 bridgehead atoms. The molecule has 2 N–H and O–H groups in total. The number of rotatable bonds is 2. The molecule has 2 atom stereocenters. The lowest BCUT2D eigenvalue weighted by atomic mass is 9.91. The monoisotopic (exact) mass is 373 g/mol. The van der Waals surface area contributed by atoms with E-state index in [0.717, 1.165) is 36.1 Å². The molecule has 0 saturated carbocycles. The van der Waals surface area contributed by atoms with Gasteiger partial charge in [0.15, 0.2) is 5.65 Å². The van der Waals surface area contributed by atoms with Crippen LogP contribution >= 0.6 is 24.8 Å². The molecule has 0 spiro atoms. The highest BCUT2D eigenvalue weighted by Gasteiger charge is 2.30. The number of hydrogen-bond acceptors (Lipinski definition) is 4. The summed E-state index contributed by atoms with van der Waals surface area (Å²) in [5.41, 5.74) is 8.16. The summed E-state index contributed by atoms with van der Waals surface area (Å²) in [7, 11) is 1.84. The predicted octanol–water partition coefficient (Wildman–Crippen LogP) is 2.32. The minimum Gasteiger partial charge on any atom is -0.334 e. The zero-order valence-electron chi connectivity index (χ0n) is 14.2. The van der Waals surface area contributed by atoms with Gasteiger partial charge in [0.2, 0.25) is 0 Å². The molecule has 1 aliphatic heterocycles. The predicted molar refractivity (Wildman–Crippen MR) is 100 cm³/mol. The highest BCUT2D eigenvalue weighted by Crippen LogP contribution is 2.26. The Morgan fingerprint density at radius 3 is 2.79 bits per heavy atom. The molecule has 6 nitrogen and oxygen atoms in total. The molecule has 1 amide bonds. The van der Waals surface area contributed by atoms with Gasteiger partial charge in [0.25, 0.3) is 5.91 Å². The van der Waals surface area contributed by atoms with Gasteiger partial charge in [0.1, 0.15) is 0 Å². The fraction of sp³-hybridized carbons (Fsp3) is 0.562. The normalized spacial score (nSPS) is 20.4. The Labute approximate surface area is 154 Å². The third-order valence-electron chi connectivity index (χ3n) is 4.57. The van der Waals surface area contributed by atoms with E-state index in [1.807, 2.05) is 24.9 Å². The number of halogens is 2. The van der Waals surface area contributed by atoms with E-state index in [4.69, 9.17) is 5.73 Å². The van der Waals surface area contributed by atoms with Crippen LogP contribution in [0.3, 0.4) is 0 Å². The fourth-order valence-electron chi connectivity index (χ4n) is 3.31. The minimum atomic E-state index is 0. The molecule has 24 heavy (non-hydrogen) atoms. The van der Waals surface area contributed by atoms with Gasteiger partial charge in [-0.2, -0.15) is 5.10 Å². The number of pyridine rings is 1. The van der Waals surface area contributed by atoms with E-state index < -0.39 is 0 Å². The quantitative estimate of drug-likeness (QED) is 0.875. The van der Waals surface area contributed by atoms with Gasteiger partial charge in [-0.15, -0.1) is 24.8 Å². The van der Waals surface area contributed by atoms with Crippen LogP contribution in [0, 0.1) is 12.8 Å². The SMILES string of the molecule is Cc1cc(C(=O)N2CCC(C)CC2CN)c2cnn(C)c2n1.Cl.Cl. The van der Waals surface area contributed by atoms with Crippen LogP contribution in [-0.4, -0.2) is 44.7 Å². The number of likely N-dealkylation sites (tertiary alicyclic amines) is 1. The lowest BCUT2D eigenvalue weighted by Crippen LogP contribution is -2.49. The Morgan fingerprint density at radius 2 is 2.12 bits per heavy atom. The van der Waals surface area contributed by atoms with Gasteiger partial charge in [-0.25, -0.2) is 4.98 Å². The third kappa shape index (κ3) is 3.66. The van der Waals surface area contributed by atoms with Crippen molar-refractivity contribution in [1.29, 1.82) is 0 Å². The largest absolute Gasteiger partial charge is 0.334 e. The number of carbonyl (C=O) groups excluding carboxylic acids is 1. The molecular formula is C16H25Cl2N5O. The number of piperidine rings is 1. The van der Waals surface area contributed by atoms with E-state index in [9.17, 15) is 4.79 Å². The molecule has 1 saturated heterocycles. The highest BCUT2D eigenvalue weighted by atomic mass is 35.5. The standard InChI is InChI=1S/C16H23N5O.2ClH/c1-10-4-5-21(12(6-10)8-17)16(22)13-7-11(2)19-15-14(13)9-18-20(15)3;;/h7,9-10,12H,4-6,8,17H2,1-3H3;2*1H. The second-order valence-corrected chi connectivity index (χ2v) is 6.33. The summed E-state index contributed by atoms with van der Waals surface area (Å²) in [6.07, 6.45) is 3.73. The van der Waals surface area contributed by atoms with E-state index in [1.54, 1.807) is 10.9 Å². The zero-order valence-corrected chi connectivity index (χ0v) is 15.9. The number of nitrogens with zero attached hydrogens (tertiary/aromatic N) is 4. The molecular weight excluding hydrogens is 349 g/mol. The molecule has 1 fully saturated rings. The second-order valence-electron chi connectivity index (χ2n) is 6.33. The number of nitrogens with two attached hydrogens (primary N) is 1. The number of carbonyl (C=O) groups is 1. The van der Waals surface area contributed by atoms with E-state index in [2.05, 4.69) is 17.0 Å². The van der Waals surface area contributed by atoms with Crippen molar-refractivity contribution in [1.82, 2.24) is 19.7 Å². The lowest BCUT2D eigenvalue weighted by Gasteiger charge is -2.38. The molecule has 2 aromatic rings. The van der Waals surface area contributed by atoms with Crippen LogP contribution in [-0.2, 0) is 7.05 Å². The van der Waals surface area contributed by atoms with Crippen LogP contribution in [0.4, 0.5) is 0 Å². The summed E-state index contributed by atoms with van der Waals surface area (Å²) in [6, 6.07) is 1.98. The Hall–Kier alpha value is -1.37. The Balaban J connectivity index is 0.00000144. The molecule has 2 aromatic heterocycles. The molecule has 2 unspecified atom stereocenters. The van der Waals surface area contributed by atoms with Crippen molar-refractivity contribution in [2.24, 2.45) is 18.7 Å². The summed E-state index contributed by atoms with van der Waals surface area (Å²) >= 11 is 0. The van der Waals surface area contributed by atoms with E-state index in [-0.39, 0.29) is 36.8 Å². The van der Waals surface area contributed by atoms with Crippen LogP contribution in [0.1, 0.15) is 35.8 Å². The Bertz CT molecular complexity index is 718. The van der Waals surface area contributed by atoms with Gasteiger partial charge in [-0.3, -0.25) is 9.48 Å². The van der Waals surface area contributed by atoms with Crippen molar-refractivity contribution in [3.63, 3.8) is 0 Å². The van der Waals surface area contributed by atoms with Crippen molar-refractivity contribution in [2.45, 2.75) is 32.7 Å². The Morgan fingerprint density at radius 1 is 1.42 bits per heavy atom. The topological polar surface area (TPSA) is 77.0 Å². The van der Waals surface area contributed by atoms with Crippen molar-refractivity contribution in [2.75, 3.05) is 13.1 Å². The first-order valence-electron chi connectivity index (χ1n) is 7.81. The smallest absolute Gasteiger partial charge is 0.255 e. The molecule has 0 radical (unpaired) electrons. The van der Waals surface area contributed by atoms with E-state index in [0.29, 0.717) is 18.0 Å². The average Bonchev–Trinajstić information content (AvgIpc) is 2.87. The molecule has 134 valence electrons. The first-order valence-corrected chi connectivity index (χ1v) is 7.81. The fourth-order valence-corrected chi connectivity index (χ4v) is 3.31. The van der Waals surface area contributed by atoms with E-state index in [1.165, 1.54) is 0 Å². The Kier molecular flexibility index (Phi) is 7.01. The zero-order chi connectivity index (χ0) is 15.9. The van der Waals surface area contributed by atoms with E-state index >= 15 is 0 Å². The second kappa shape index (κ2) is 8.14. The molecule has 0 aromatic carbocycles. The summed E-state index contributed by atoms with van der Waals surface area (Å²) in [5, 5.41) is 5.05. The maximum atomic E-state index is 13.1. The number of fused-ring (bicyclic) bond motifs is 1. The first-order chi connectivity index (χ1) is 10.5. The van der Waals surface area contributed by atoms with Crippen LogP contribution in [0.25, 0.3) is 11.0 Å². The van der Waals surface area contributed by atoms with Crippen LogP contribution in [0.2, 0.25) is 0 Å². The summed E-state index contributed by atoms with van der Waals surface area (Å²) in [5.74, 6) is 0.668. The number of aryl methyl sites for hydroxylation is 2. The minimum absolute atomic E-state index is 0. The van der Waals surface area contributed by atoms with Crippen molar-refractivity contribution in [3.8, 4) is 0 Å². The van der Waals surface area contributed by atoms with Crippen molar-refractivity contribution < 1.29 is 4.79 Å². The van der Waals surface area contributed by atoms with Gasteiger partial charge in [0.05, 0.1) is 17.1 Å². The van der Waals surface area contributed by atoms with Crippen molar-refractivity contribution >= 4 is 41.8 Å². The lowest BCUT2D eigenvalue weighted by molar-refractivity contribution is 0.0575. The average molecular weight is 374 g/mol. The number of amides is 1. The van der Waals surface area contributed by atoms with Crippen LogP contribution in [0.5, 0.6) is 0 Å². The maximum absolute atomic E-state index is 13.1. The summed E-state index contributed by atoms with van der Waals surface area (Å²) < 4.78 is 1.71. The first kappa shape index (κ1) is 20.7. The number of hydrogen-bond donors (Lipinski definition) is 1. The van der Waals surface area contributed by atoms with Gasteiger partial charge in [0, 0.05) is 31.9 Å².